The van der Waals surface area contributed by atoms with Crippen LogP contribution >= 0.6 is 22.7 Å². The Hall–Kier alpha value is -1.72. The minimum atomic E-state index is -0.0126. The molecule has 22 heavy (non-hydrogen) atoms. The van der Waals surface area contributed by atoms with E-state index in [1.165, 1.54) is 21.4 Å². The molecule has 3 aromatic rings. The summed E-state index contributed by atoms with van der Waals surface area (Å²) in [5, 5.41) is 6.78. The Kier molecular flexibility index (Phi) is 4.02. The Morgan fingerprint density at radius 3 is 2.73 bits per heavy atom. The van der Waals surface area contributed by atoms with Gasteiger partial charge in [-0.25, -0.2) is 4.98 Å². The summed E-state index contributed by atoms with van der Waals surface area (Å²) in [5.74, 6) is -0.0126. The largest absolute Gasteiger partial charge is 0.302 e. The number of anilines is 1. The second-order valence-electron chi connectivity index (χ2n) is 6.26. The van der Waals surface area contributed by atoms with Crippen LogP contribution < -0.4 is 5.32 Å². The van der Waals surface area contributed by atoms with E-state index in [1.54, 1.807) is 11.3 Å². The van der Waals surface area contributed by atoms with Gasteiger partial charge in [0.2, 0.25) is 5.91 Å². The summed E-state index contributed by atoms with van der Waals surface area (Å²) in [7, 11) is 0. The second-order valence-corrected chi connectivity index (χ2v) is 8.29. The van der Waals surface area contributed by atoms with Crippen LogP contribution in [-0.4, -0.2) is 10.9 Å². The summed E-state index contributed by atoms with van der Waals surface area (Å²) >= 11 is 3.15. The number of thiazole rings is 1. The number of aromatic nitrogens is 1. The number of rotatable bonds is 3. The summed E-state index contributed by atoms with van der Waals surface area (Å²) in [4.78, 5) is 17.8. The highest BCUT2D eigenvalue weighted by atomic mass is 32.1. The van der Waals surface area contributed by atoms with E-state index in [9.17, 15) is 4.79 Å². The van der Waals surface area contributed by atoms with Crippen molar-refractivity contribution in [2.45, 2.75) is 32.6 Å². The zero-order chi connectivity index (χ0) is 15.7. The van der Waals surface area contributed by atoms with Gasteiger partial charge in [-0.3, -0.25) is 4.79 Å². The lowest BCUT2D eigenvalue weighted by Crippen LogP contribution is -2.15. The third kappa shape index (κ3) is 3.36. The molecule has 1 amide bonds. The first-order valence-electron chi connectivity index (χ1n) is 7.15. The van der Waals surface area contributed by atoms with Gasteiger partial charge in [0.15, 0.2) is 5.13 Å². The molecule has 0 unspecified atom stereocenters. The lowest BCUT2D eigenvalue weighted by molar-refractivity contribution is -0.115. The molecule has 1 N–H and O–H groups in total. The fourth-order valence-electron chi connectivity index (χ4n) is 2.12. The van der Waals surface area contributed by atoms with Crippen LogP contribution in [0.5, 0.6) is 0 Å². The van der Waals surface area contributed by atoms with E-state index < -0.39 is 0 Å². The van der Waals surface area contributed by atoms with Crippen molar-refractivity contribution in [2.24, 2.45) is 0 Å². The number of hydrogen-bond donors (Lipinski definition) is 1. The Labute approximate surface area is 138 Å². The fourth-order valence-corrected chi connectivity index (χ4v) is 4.14. The van der Waals surface area contributed by atoms with Crippen molar-refractivity contribution >= 4 is 43.8 Å². The zero-order valence-electron chi connectivity index (χ0n) is 12.8. The first-order chi connectivity index (χ1) is 10.4. The molecule has 0 aliphatic rings. The van der Waals surface area contributed by atoms with Gasteiger partial charge in [0.25, 0.3) is 0 Å². The van der Waals surface area contributed by atoms with Crippen molar-refractivity contribution < 1.29 is 4.79 Å². The maximum atomic E-state index is 12.2. The summed E-state index contributed by atoms with van der Waals surface area (Å²) in [6, 6.07) is 10.3. The molecule has 0 atom stereocenters. The summed E-state index contributed by atoms with van der Waals surface area (Å²) < 4.78 is 1.22. The molecular weight excluding hydrogens is 312 g/mol. The van der Waals surface area contributed by atoms with Crippen molar-refractivity contribution in [1.82, 2.24) is 4.98 Å². The lowest BCUT2D eigenvalue weighted by Gasteiger charge is -2.14. The third-order valence-corrected chi connectivity index (χ3v) is 5.20. The molecule has 0 saturated heterocycles. The molecule has 2 heterocycles. The van der Waals surface area contributed by atoms with Gasteiger partial charge in [0.1, 0.15) is 0 Å². The van der Waals surface area contributed by atoms with Crippen LogP contribution in [-0.2, 0) is 16.6 Å². The smallest absolute Gasteiger partial charge is 0.231 e. The van der Waals surface area contributed by atoms with Gasteiger partial charge >= 0.3 is 0 Å². The molecule has 3 rings (SSSR count). The number of hydrogen-bond acceptors (Lipinski definition) is 4. The van der Waals surface area contributed by atoms with E-state index in [-0.39, 0.29) is 11.3 Å². The van der Waals surface area contributed by atoms with Crippen LogP contribution in [0.25, 0.3) is 10.1 Å². The van der Waals surface area contributed by atoms with E-state index in [1.807, 2.05) is 17.5 Å². The predicted octanol–water partition coefficient (Wildman–Crippen LogP) is 4.84. The van der Waals surface area contributed by atoms with E-state index in [2.05, 4.69) is 49.3 Å². The molecule has 0 saturated carbocycles. The Morgan fingerprint density at radius 2 is 2.05 bits per heavy atom. The monoisotopic (exact) mass is 330 g/mol. The highest BCUT2D eigenvalue weighted by Crippen LogP contribution is 2.28. The van der Waals surface area contributed by atoms with Crippen molar-refractivity contribution in [2.75, 3.05) is 5.32 Å². The number of carbonyl (C=O) groups excluding carboxylic acids is 1. The van der Waals surface area contributed by atoms with Crippen molar-refractivity contribution in [3.8, 4) is 0 Å². The molecule has 0 fully saturated rings. The van der Waals surface area contributed by atoms with E-state index >= 15 is 0 Å². The van der Waals surface area contributed by atoms with Crippen LogP contribution in [0.2, 0.25) is 0 Å². The van der Waals surface area contributed by atoms with Crippen LogP contribution in [0.1, 0.15) is 31.3 Å². The van der Waals surface area contributed by atoms with Gasteiger partial charge < -0.3 is 5.32 Å². The average molecular weight is 330 g/mol. The Balaban J connectivity index is 1.68. The van der Waals surface area contributed by atoms with Crippen LogP contribution in [0.3, 0.4) is 0 Å². The summed E-state index contributed by atoms with van der Waals surface area (Å²) in [6.07, 6.45) is 0.393. The summed E-state index contributed by atoms with van der Waals surface area (Å²) in [6.45, 7) is 6.35. The molecule has 2 aromatic heterocycles. The standard InChI is InChI=1S/C17H18N2OS2/c1-17(2,3)14-10-21-16(18-14)19-15(20)9-12-8-11-6-4-5-7-13(11)22-12/h4-8,10H,9H2,1-3H3,(H,18,19,20). The van der Waals surface area contributed by atoms with E-state index in [0.29, 0.717) is 11.6 Å². The van der Waals surface area contributed by atoms with Gasteiger partial charge in [-0.15, -0.1) is 22.7 Å². The van der Waals surface area contributed by atoms with Gasteiger partial charge in [0.05, 0.1) is 12.1 Å². The maximum Gasteiger partial charge on any atom is 0.231 e. The minimum absolute atomic E-state index is 0.00491. The number of fused-ring (bicyclic) bond motifs is 1. The number of benzene rings is 1. The first kappa shape index (κ1) is 15.2. The second kappa shape index (κ2) is 5.82. The third-order valence-electron chi connectivity index (χ3n) is 3.33. The molecule has 0 aliphatic heterocycles. The molecule has 114 valence electrons. The van der Waals surface area contributed by atoms with Crippen LogP contribution in [0.4, 0.5) is 5.13 Å². The number of nitrogens with one attached hydrogen (secondary N) is 1. The molecule has 1 aromatic carbocycles. The minimum Gasteiger partial charge on any atom is -0.302 e. The quantitative estimate of drug-likeness (QED) is 0.747. The Bertz CT molecular complexity index is 778. The van der Waals surface area contributed by atoms with Gasteiger partial charge in [-0.2, -0.15) is 0 Å². The number of nitrogens with zero attached hydrogens (tertiary/aromatic N) is 1. The predicted molar refractivity (Wildman–Crippen MR) is 95.0 cm³/mol. The normalized spacial score (nSPS) is 11.8. The number of thiophene rings is 1. The van der Waals surface area contributed by atoms with E-state index in [0.717, 1.165) is 10.6 Å². The lowest BCUT2D eigenvalue weighted by atomic mass is 9.93. The topological polar surface area (TPSA) is 42.0 Å². The Morgan fingerprint density at radius 1 is 1.27 bits per heavy atom. The molecule has 3 nitrogen and oxygen atoms in total. The average Bonchev–Trinajstić information content (AvgIpc) is 3.03. The maximum absolute atomic E-state index is 12.2. The number of carbonyl (C=O) groups is 1. The SMILES string of the molecule is CC(C)(C)c1csc(NC(=O)Cc2cc3ccccc3s2)n1. The zero-order valence-corrected chi connectivity index (χ0v) is 14.5. The molecule has 0 bridgehead atoms. The molecule has 0 aliphatic carbocycles. The fraction of sp³-hybridized carbons (Fsp3) is 0.294. The molecular formula is C17H18N2OS2. The highest BCUT2D eigenvalue weighted by molar-refractivity contribution is 7.19. The van der Waals surface area contributed by atoms with Crippen molar-refractivity contribution in [1.29, 1.82) is 0 Å². The van der Waals surface area contributed by atoms with Crippen molar-refractivity contribution in [3.05, 3.63) is 46.3 Å². The van der Waals surface area contributed by atoms with Crippen LogP contribution in [0.15, 0.2) is 35.7 Å². The highest BCUT2D eigenvalue weighted by Gasteiger charge is 2.18. The van der Waals surface area contributed by atoms with Gasteiger partial charge in [0, 0.05) is 20.4 Å². The van der Waals surface area contributed by atoms with Crippen molar-refractivity contribution in [3.63, 3.8) is 0 Å². The first-order valence-corrected chi connectivity index (χ1v) is 8.85. The van der Waals surface area contributed by atoms with E-state index in [4.69, 9.17) is 0 Å². The molecule has 0 radical (unpaired) electrons. The number of amides is 1. The molecule has 0 spiro atoms. The van der Waals surface area contributed by atoms with Gasteiger partial charge in [-0.1, -0.05) is 39.0 Å². The molecule has 5 heteroatoms. The van der Waals surface area contributed by atoms with Crippen LogP contribution in [0, 0.1) is 0 Å². The summed E-state index contributed by atoms with van der Waals surface area (Å²) in [5.41, 5.74) is 1.01. The van der Waals surface area contributed by atoms with Gasteiger partial charge in [-0.05, 0) is 17.5 Å².